The van der Waals surface area contributed by atoms with Crippen LogP contribution in [0.15, 0.2) is 48.5 Å². The second kappa shape index (κ2) is 8.48. The molecule has 0 atom stereocenters. The predicted molar refractivity (Wildman–Crippen MR) is 97.4 cm³/mol. The monoisotopic (exact) mass is 409 g/mol. The second-order valence-corrected chi connectivity index (χ2v) is 6.53. The summed E-state index contributed by atoms with van der Waals surface area (Å²) < 4.78 is 40.5. The number of nitro groups is 1. The summed E-state index contributed by atoms with van der Waals surface area (Å²) in [6.07, 6.45) is -4.72. The average molecular weight is 409 g/mol. The summed E-state index contributed by atoms with van der Waals surface area (Å²) in [5.74, 6) is -0.660. The maximum absolute atomic E-state index is 12.6. The number of hydrogen-bond acceptors (Lipinski definition) is 5. The van der Waals surface area contributed by atoms with Gasteiger partial charge in [-0.25, -0.2) is 0 Å². The van der Waals surface area contributed by atoms with E-state index in [1.165, 1.54) is 30.3 Å². The molecule has 0 aromatic heterocycles. The lowest BCUT2D eigenvalue weighted by molar-refractivity contribution is -0.385. The van der Waals surface area contributed by atoms with E-state index in [0.717, 1.165) is 5.56 Å². The van der Waals surface area contributed by atoms with E-state index in [-0.39, 0.29) is 22.9 Å². The van der Waals surface area contributed by atoms with Gasteiger partial charge in [-0.2, -0.15) is 0 Å². The SMILES string of the molecule is O=C(c1ccccc1[N+](=O)[O-])N1CCN(Cc2ccc(OC(F)(F)F)cc2)CC1. The van der Waals surface area contributed by atoms with Gasteiger partial charge in [0.05, 0.1) is 4.92 Å². The lowest BCUT2D eigenvalue weighted by atomic mass is 10.1. The molecule has 3 rings (SSSR count). The van der Waals surface area contributed by atoms with Crippen molar-refractivity contribution in [1.29, 1.82) is 0 Å². The molecule has 1 aliphatic rings. The highest BCUT2D eigenvalue weighted by molar-refractivity contribution is 5.98. The zero-order chi connectivity index (χ0) is 21.0. The number of benzene rings is 2. The molecule has 1 aliphatic heterocycles. The molecule has 0 saturated carbocycles. The quantitative estimate of drug-likeness (QED) is 0.559. The van der Waals surface area contributed by atoms with Crippen molar-refractivity contribution in [3.63, 3.8) is 0 Å². The summed E-state index contributed by atoms with van der Waals surface area (Å²) in [6.45, 7) is 2.42. The number of nitrogens with zero attached hydrogens (tertiary/aromatic N) is 3. The Morgan fingerprint density at radius 1 is 1.03 bits per heavy atom. The first kappa shape index (κ1) is 20.6. The number of piperazine rings is 1. The van der Waals surface area contributed by atoms with Crippen molar-refractivity contribution in [2.24, 2.45) is 0 Å². The Kier molecular flexibility index (Phi) is 6.02. The van der Waals surface area contributed by atoms with Gasteiger partial charge in [0.2, 0.25) is 0 Å². The summed E-state index contributed by atoms with van der Waals surface area (Å²) in [5.41, 5.74) is 0.658. The summed E-state index contributed by atoms with van der Waals surface area (Å²) in [5, 5.41) is 11.1. The molecule has 1 amide bonds. The Bertz CT molecular complexity index is 879. The van der Waals surface area contributed by atoms with Crippen LogP contribution in [0.5, 0.6) is 5.75 Å². The van der Waals surface area contributed by atoms with E-state index >= 15 is 0 Å². The number of amides is 1. The lowest BCUT2D eigenvalue weighted by Gasteiger charge is -2.34. The number of rotatable bonds is 5. The van der Waals surface area contributed by atoms with Gasteiger partial charge < -0.3 is 9.64 Å². The normalized spacial score (nSPS) is 15.2. The largest absolute Gasteiger partial charge is 0.573 e. The zero-order valence-corrected chi connectivity index (χ0v) is 15.3. The van der Waals surface area contributed by atoms with Crippen molar-refractivity contribution in [1.82, 2.24) is 9.80 Å². The third-order valence-corrected chi connectivity index (χ3v) is 4.55. The van der Waals surface area contributed by atoms with Gasteiger partial charge in [-0.3, -0.25) is 19.8 Å². The molecule has 10 heteroatoms. The van der Waals surface area contributed by atoms with Crippen molar-refractivity contribution in [3.05, 3.63) is 69.8 Å². The Hall–Kier alpha value is -3.14. The van der Waals surface area contributed by atoms with Crippen LogP contribution in [0.1, 0.15) is 15.9 Å². The first-order valence-corrected chi connectivity index (χ1v) is 8.83. The van der Waals surface area contributed by atoms with Gasteiger partial charge in [-0.15, -0.1) is 13.2 Å². The van der Waals surface area contributed by atoms with Crippen LogP contribution in [-0.2, 0) is 6.54 Å². The Labute approximate surface area is 164 Å². The molecule has 0 spiro atoms. The van der Waals surface area contributed by atoms with E-state index in [9.17, 15) is 28.1 Å². The van der Waals surface area contributed by atoms with Crippen LogP contribution in [0, 0.1) is 10.1 Å². The molecule has 1 fully saturated rings. The summed E-state index contributed by atoms with van der Waals surface area (Å²) in [7, 11) is 0. The zero-order valence-electron chi connectivity index (χ0n) is 15.3. The third kappa shape index (κ3) is 5.44. The molecule has 7 nitrogen and oxygen atoms in total. The highest BCUT2D eigenvalue weighted by Gasteiger charge is 2.31. The van der Waals surface area contributed by atoms with Gasteiger partial charge in [-0.1, -0.05) is 24.3 Å². The minimum absolute atomic E-state index is 0.0613. The highest BCUT2D eigenvalue weighted by Crippen LogP contribution is 2.24. The summed E-state index contributed by atoms with van der Waals surface area (Å²) >= 11 is 0. The molecule has 1 saturated heterocycles. The van der Waals surface area contributed by atoms with Crippen LogP contribution >= 0.6 is 0 Å². The molecule has 2 aromatic rings. The fourth-order valence-electron chi connectivity index (χ4n) is 3.15. The lowest BCUT2D eigenvalue weighted by Crippen LogP contribution is -2.48. The van der Waals surface area contributed by atoms with E-state index < -0.39 is 11.3 Å². The van der Waals surface area contributed by atoms with E-state index in [0.29, 0.717) is 32.7 Å². The smallest absolute Gasteiger partial charge is 0.406 e. The van der Waals surface area contributed by atoms with Gasteiger partial charge in [0.15, 0.2) is 0 Å². The third-order valence-electron chi connectivity index (χ3n) is 4.55. The van der Waals surface area contributed by atoms with Gasteiger partial charge in [0.1, 0.15) is 11.3 Å². The minimum Gasteiger partial charge on any atom is -0.406 e. The summed E-state index contributed by atoms with van der Waals surface area (Å²) in [6, 6.07) is 11.5. The standard InChI is InChI=1S/C19H18F3N3O4/c20-19(21,22)29-15-7-5-14(6-8-15)13-23-9-11-24(12-10-23)18(26)16-3-1-2-4-17(16)25(27)28/h1-8H,9-13H2. The molecule has 0 radical (unpaired) electrons. The first-order chi connectivity index (χ1) is 13.7. The molecule has 0 N–H and O–H groups in total. The fourth-order valence-corrected chi connectivity index (χ4v) is 3.15. The molecular formula is C19H18F3N3O4. The maximum Gasteiger partial charge on any atom is 0.573 e. The first-order valence-electron chi connectivity index (χ1n) is 8.83. The van der Waals surface area contributed by atoms with Gasteiger partial charge >= 0.3 is 6.36 Å². The van der Waals surface area contributed by atoms with Crippen molar-refractivity contribution < 1.29 is 27.6 Å². The average Bonchev–Trinajstić information content (AvgIpc) is 2.68. The number of ether oxygens (including phenoxy) is 1. The van der Waals surface area contributed by atoms with E-state index in [2.05, 4.69) is 9.64 Å². The van der Waals surface area contributed by atoms with E-state index in [4.69, 9.17) is 0 Å². The molecule has 29 heavy (non-hydrogen) atoms. The van der Waals surface area contributed by atoms with Gasteiger partial charge in [0.25, 0.3) is 11.6 Å². The fraction of sp³-hybridized carbons (Fsp3) is 0.316. The van der Waals surface area contributed by atoms with Crippen molar-refractivity contribution in [2.45, 2.75) is 12.9 Å². The minimum atomic E-state index is -4.72. The van der Waals surface area contributed by atoms with Gasteiger partial charge in [-0.05, 0) is 23.8 Å². The van der Waals surface area contributed by atoms with Crippen molar-refractivity contribution in [2.75, 3.05) is 26.2 Å². The molecule has 0 aliphatic carbocycles. The van der Waals surface area contributed by atoms with Crippen LogP contribution < -0.4 is 4.74 Å². The van der Waals surface area contributed by atoms with Crippen molar-refractivity contribution in [3.8, 4) is 5.75 Å². The number of para-hydroxylation sites is 1. The van der Waals surface area contributed by atoms with Gasteiger partial charge in [0, 0.05) is 38.8 Å². The van der Waals surface area contributed by atoms with E-state index in [1.807, 2.05) is 0 Å². The van der Waals surface area contributed by atoms with Crippen LogP contribution in [0.3, 0.4) is 0 Å². The van der Waals surface area contributed by atoms with Crippen molar-refractivity contribution >= 4 is 11.6 Å². The molecule has 1 heterocycles. The number of carbonyl (C=O) groups excluding carboxylic acids is 1. The van der Waals surface area contributed by atoms with Crippen LogP contribution in [0.4, 0.5) is 18.9 Å². The Morgan fingerprint density at radius 3 is 2.24 bits per heavy atom. The number of alkyl halides is 3. The maximum atomic E-state index is 12.6. The summed E-state index contributed by atoms with van der Waals surface area (Å²) in [4.78, 5) is 26.8. The second-order valence-electron chi connectivity index (χ2n) is 6.53. The number of carbonyl (C=O) groups is 1. The number of hydrogen-bond donors (Lipinski definition) is 0. The Morgan fingerprint density at radius 2 is 1.66 bits per heavy atom. The predicted octanol–water partition coefficient (Wildman–Crippen LogP) is 3.45. The number of nitro benzene ring substituents is 1. The van der Waals surface area contributed by atoms with Crippen LogP contribution in [0.2, 0.25) is 0 Å². The highest BCUT2D eigenvalue weighted by atomic mass is 19.4. The number of halogens is 3. The van der Waals surface area contributed by atoms with Crippen LogP contribution in [-0.4, -0.2) is 53.2 Å². The molecule has 0 unspecified atom stereocenters. The molecule has 0 bridgehead atoms. The van der Waals surface area contributed by atoms with E-state index in [1.54, 1.807) is 23.1 Å². The molecule has 2 aromatic carbocycles. The molecular weight excluding hydrogens is 391 g/mol. The Balaban J connectivity index is 1.56. The van der Waals surface area contributed by atoms with Crippen LogP contribution in [0.25, 0.3) is 0 Å². The topological polar surface area (TPSA) is 75.9 Å². The molecule has 154 valence electrons.